The lowest BCUT2D eigenvalue weighted by atomic mass is 10.2. The van der Waals surface area contributed by atoms with Gasteiger partial charge in [-0.15, -0.1) is 0 Å². The van der Waals surface area contributed by atoms with E-state index in [9.17, 15) is 18.0 Å². The summed E-state index contributed by atoms with van der Waals surface area (Å²) in [6, 6.07) is 0. The van der Waals surface area contributed by atoms with Crippen LogP contribution >= 0.6 is 0 Å². The zero-order valence-electron chi connectivity index (χ0n) is 9.97. The minimum absolute atomic E-state index is 0.0995. The molecule has 0 aliphatic carbocycles. The van der Waals surface area contributed by atoms with Gasteiger partial charge in [0.1, 0.15) is 11.3 Å². The van der Waals surface area contributed by atoms with Crippen LogP contribution in [0.15, 0.2) is 11.3 Å². The summed E-state index contributed by atoms with van der Waals surface area (Å²) in [4.78, 5) is 11.3. The number of hydrogen-bond acceptors (Lipinski definition) is 5. The predicted octanol–water partition coefficient (Wildman–Crippen LogP) is 0.986. The number of aliphatic hydroxyl groups is 1. The molecule has 0 spiro atoms. The average molecular weight is 268 g/mol. The number of halogens is 3. The summed E-state index contributed by atoms with van der Waals surface area (Å²) in [7, 11) is 0. The molecule has 0 saturated heterocycles. The van der Waals surface area contributed by atoms with Crippen molar-refractivity contribution in [2.24, 2.45) is 0 Å². The van der Waals surface area contributed by atoms with Crippen molar-refractivity contribution in [2.75, 3.05) is 13.2 Å². The number of hydrogen-bond donors (Lipinski definition) is 3. The zero-order valence-corrected chi connectivity index (χ0v) is 9.97. The Labute approximate surface area is 102 Å². The van der Waals surface area contributed by atoms with Crippen molar-refractivity contribution in [1.29, 1.82) is 5.41 Å². The van der Waals surface area contributed by atoms with Gasteiger partial charge in [0.05, 0.1) is 12.7 Å². The fourth-order valence-electron chi connectivity index (χ4n) is 1.04. The molecule has 3 N–H and O–H groups in total. The van der Waals surface area contributed by atoms with E-state index < -0.39 is 36.1 Å². The van der Waals surface area contributed by atoms with Crippen LogP contribution in [0.1, 0.15) is 13.8 Å². The van der Waals surface area contributed by atoms with Gasteiger partial charge in [0.2, 0.25) is 0 Å². The number of rotatable bonds is 6. The molecule has 0 bridgehead atoms. The van der Waals surface area contributed by atoms with E-state index in [-0.39, 0.29) is 12.8 Å². The van der Waals surface area contributed by atoms with Crippen LogP contribution in [-0.4, -0.2) is 42.7 Å². The Morgan fingerprint density at radius 3 is 2.44 bits per heavy atom. The maximum Gasteiger partial charge on any atom is 0.431 e. The third-order valence-corrected chi connectivity index (χ3v) is 1.77. The Hall–Kier alpha value is -1.57. The molecule has 5 nitrogen and oxygen atoms in total. The molecular formula is C10H15F3N2O3. The summed E-state index contributed by atoms with van der Waals surface area (Å²) in [6.45, 7) is 2.23. The first-order valence-electron chi connectivity index (χ1n) is 5.15. The number of ether oxygens (including phenoxy) is 1. The number of aliphatic hydroxyl groups excluding tert-OH is 1. The van der Waals surface area contributed by atoms with Crippen molar-refractivity contribution < 1.29 is 27.8 Å². The van der Waals surface area contributed by atoms with E-state index in [1.54, 1.807) is 0 Å². The summed E-state index contributed by atoms with van der Waals surface area (Å²) >= 11 is 0. The molecule has 0 heterocycles. The van der Waals surface area contributed by atoms with Gasteiger partial charge in [0, 0.05) is 12.8 Å². The quantitative estimate of drug-likeness (QED) is 0.381. The first-order chi connectivity index (χ1) is 8.23. The highest BCUT2D eigenvalue weighted by Gasteiger charge is 2.38. The smallest absolute Gasteiger partial charge is 0.431 e. The average Bonchev–Trinajstić information content (AvgIpc) is 2.22. The molecule has 8 heteroatoms. The number of esters is 1. The van der Waals surface area contributed by atoms with Gasteiger partial charge in [-0.2, -0.15) is 13.2 Å². The monoisotopic (exact) mass is 268 g/mol. The minimum atomic E-state index is -4.84. The van der Waals surface area contributed by atoms with E-state index in [0.29, 0.717) is 0 Å². The van der Waals surface area contributed by atoms with Gasteiger partial charge >= 0.3 is 12.1 Å². The zero-order chi connectivity index (χ0) is 14.3. The van der Waals surface area contributed by atoms with Crippen LogP contribution in [-0.2, 0) is 9.53 Å². The second-order valence-corrected chi connectivity index (χ2v) is 3.38. The summed E-state index contributed by atoms with van der Waals surface area (Å²) in [5.74, 6) is -1.24. The lowest BCUT2D eigenvalue weighted by Gasteiger charge is -2.17. The topological polar surface area (TPSA) is 82.4 Å². The van der Waals surface area contributed by atoms with E-state index in [1.165, 1.54) is 13.8 Å². The van der Waals surface area contributed by atoms with Gasteiger partial charge in [-0.25, -0.2) is 4.79 Å². The molecule has 0 amide bonds. The van der Waals surface area contributed by atoms with Crippen LogP contribution in [0.3, 0.4) is 0 Å². The van der Waals surface area contributed by atoms with Gasteiger partial charge in [0.25, 0.3) is 0 Å². The van der Waals surface area contributed by atoms with Crippen molar-refractivity contribution in [1.82, 2.24) is 5.32 Å². The van der Waals surface area contributed by atoms with Crippen LogP contribution < -0.4 is 5.32 Å². The largest absolute Gasteiger partial charge is 0.462 e. The lowest BCUT2D eigenvalue weighted by molar-refractivity contribution is -0.139. The van der Waals surface area contributed by atoms with E-state index in [0.717, 1.165) is 0 Å². The second-order valence-electron chi connectivity index (χ2n) is 3.38. The standard InChI is InChI=1S/C10H15F3N2O3/c1-3-18-9(17)7(4-14)8(10(11,12)13)15-5-6(2)16/h4,6,14-16H,3,5H2,1-2H3/b8-7+,14-4?/t6-/m0/s1. The SMILES string of the molecule is CCOC(=O)/C(C=N)=C(/NC[C@H](C)O)C(F)(F)F. The fraction of sp³-hybridized carbons (Fsp3) is 0.600. The van der Waals surface area contributed by atoms with Crippen molar-refractivity contribution in [3.05, 3.63) is 11.3 Å². The Morgan fingerprint density at radius 1 is 1.56 bits per heavy atom. The Bertz CT molecular complexity index is 338. The number of nitrogens with one attached hydrogen (secondary N) is 2. The molecule has 104 valence electrons. The lowest BCUT2D eigenvalue weighted by Crippen LogP contribution is -2.34. The van der Waals surface area contributed by atoms with E-state index in [4.69, 9.17) is 10.5 Å². The molecule has 0 radical (unpaired) electrons. The normalized spacial score (nSPS) is 14.6. The first kappa shape index (κ1) is 16.4. The fourth-order valence-corrected chi connectivity index (χ4v) is 1.04. The van der Waals surface area contributed by atoms with Crippen LogP contribution in [0.25, 0.3) is 0 Å². The third-order valence-electron chi connectivity index (χ3n) is 1.77. The molecule has 0 aromatic rings. The Kier molecular flexibility index (Phi) is 6.39. The van der Waals surface area contributed by atoms with Crippen molar-refractivity contribution in [2.45, 2.75) is 26.1 Å². The van der Waals surface area contributed by atoms with Crippen molar-refractivity contribution in [3.63, 3.8) is 0 Å². The maximum absolute atomic E-state index is 12.7. The molecule has 0 aliphatic heterocycles. The molecule has 0 aliphatic rings. The Morgan fingerprint density at radius 2 is 2.11 bits per heavy atom. The highest BCUT2D eigenvalue weighted by molar-refractivity contribution is 6.09. The molecule has 0 aromatic heterocycles. The molecule has 1 atom stereocenters. The van der Waals surface area contributed by atoms with E-state index >= 15 is 0 Å². The van der Waals surface area contributed by atoms with Crippen LogP contribution in [0.5, 0.6) is 0 Å². The van der Waals surface area contributed by atoms with Gasteiger partial charge in [0.15, 0.2) is 0 Å². The van der Waals surface area contributed by atoms with E-state index in [1.807, 2.05) is 5.32 Å². The molecular weight excluding hydrogens is 253 g/mol. The Balaban J connectivity index is 5.32. The molecule has 0 unspecified atom stereocenters. The molecule has 0 saturated carbocycles. The highest BCUT2D eigenvalue weighted by Crippen LogP contribution is 2.26. The molecule has 0 rings (SSSR count). The third kappa shape index (κ3) is 5.17. The molecule has 0 aromatic carbocycles. The van der Waals surface area contributed by atoms with Crippen LogP contribution in [0, 0.1) is 5.41 Å². The summed E-state index contributed by atoms with van der Waals surface area (Å²) in [5.41, 5.74) is -2.32. The van der Waals surface area contributed by atoms with Crippen molar-refractivity contribution >= 4 is 12.2 Å². The number of alkyl halides is 3. The summed E-state index contributed by atoms with van der Waals surface area (Å²) < 4.78 is 42.5. The van der Waals surface area contributed by atoms with Gasteiger partial charge in [-0.3, -0.25) is 0 Å². The summed E-state index contributed by atoms with van der Waals surface area (Å²) in [6.07, 6.45) is -5.60. The van der Waals surface area contributed by atoms with Crippen LogP contribution in [0.4, 0.5) is 13.2 Å². The van der Waals surface area contributed by atoms with E-state index in [2.05, 4.69) is 4.74 Å². The highest BCUT2D eigenvalue weighted by atomic mass is 19.4. The number of carbonyl (C=O) groups excluding carboxylic acids is 1. The first-order valence-corrected chi connectivity index (χ1v) is 5.15. The van der Waals surface area contributed by atoms with Gasteiger partial charge in [-0.05, 0) is 13.8 Å². The predicted molar refractivity (Wildman–Crippen MR) is 58.2 cm³/mol. The van der Waals surface area contributed by atoms with Gasteiger partial charge < -0.3 is 20.6 Å². The number of carbonyl (C=O) groups is 1. The van der Waals surface area contributed by atoms with Gasteiger partial charge in [-0.1, -0.05) is 0 Å². The number of allylic oxidation sites excluding steroid dienone is 1. The maximum atomic E-state index is 12.7. The molecule has 0 fully saturated rings. The van der Waals surface area contributed by atoms with Crippen LogP contribution in [0.2, 0.25) is 0 Å². The molecule has 18 heavy (non-hydrogen) atoms. The minimum Gasteiger partial charge on any atom is -0.462 e. The second kappa shape index (κ2) is 7.00. The summed E-state index contributed by atoms with van der Waals surface area (Å²) in [5, 5.41) is 17.7. The van der Waals surface area contributed by atoms with Crippen molar-refractivity contribution in [3.8, 4) is 0 Å².